The molecule has 0 unspecified atom stereocenters. The molecule has 0 saturated carbocycles. The van der Waals surface area contributed by atoms with Crippen molar-refractivity contribution in [1.29, 1.82) is 0 Å². The Kier molecular flexibility index (Phi) is 10.0. The summed E-state index contributed by atoms with van der Waals surface area (Å²) >= 11 is 1.39. The van der Waals surface area contributed by atoms with E-state index in [1.807, 2.05) is 0 Å². The third-order valence-corrected chi connectivity index (χ3v) is 4.86. The van der Waals surface area contributed by atoms with Crippen molar-refractivity contribution < 1.29 is 9.18 Å². The van der Waals surface area contributed by atoms with Gasteiger partial charge in [-0.3, -0.25) is 9.69 Å². The molecule has 0 aliphatic carbocycles. The number of piperazine rings is 1. The molecule has 0 atom stereocenters. The van der Waals surface area contributed by atoms with Crippen molar-refractivity contribution in [2.75, 3.05) is 39.3 Å². The Bertz CT molecular complexity index is 695. The molecule has 1 aromatic heterocycles. The number of rotatable bonds is 6. The maximum absolute atomic E-state index is 13.7. The molecule has 2 aromatic rings. The Hall–Kier alpha value is -1.25. The van der Waals surface area contributed by atoms with Crippen molar-refractivity contribution in [1.82, 2.24) is 20.5 Å². The van der Waals surface area contributed by atoms with E-state index in [2.05, 4.69) is 20.5 Å². The van der Waals surface area contributed by atoms with Crippen LogP contribution in [0.25, 0.3) is 0 Å². The van der Waals surface area contributed by atoms with Crippen molar-refractivity contribution >= 4 is 42.1 Å². The number of carbonyl (C=O) groups is 1. The molecule has 1 fully saturated rings. The molecule has 9 heteroatoms. The second-order valence-corrected chi connectivity index (χ2v) is 6.68. The van der Waals surface area contributed by atoms with E-state index in [0.29, 0.717) is 24.2 Å². The average Bonchev–Trinajstić information content (AvgIpc) is 3.07. The van der Waals surface area contributed by atoms with Gasteiger partial charge in [0, 0.05) is 51.1 Å². The summed E-state index contributed by atoms with van der Waals surface area (Å²) in [5.74, 6) is -0.407. The molecule has 1 saturated heterocycles. The predicted octanol–water partition coefficient (Wildman–Crippen LogP) is 2.35. The first-order chi connectivity index (χ1) is 11.7. The van der Waals surface area contributed by atoms with E-state index in [-0.39, 0.29) is 36.5 Å². The number of benzene rings is 1. The molecule has 3 rings (SSSR count). The molecule has 1 aliphatic rings. The van der Waals surface area contributed by atoms with Crippen LogP contribution in [0.1, 0.15) is 21.1 Å². The summed E-state index contributed by atoms with van der Waals surface area (Å²) in [5, 5.41) is 8.68. The van der Waals surface area contributed by atoms with Gasteiger partial charge < -0.3 is 10.6 Å². The van der Waals surface area contributed by atoms with Gasteiger partial charge in [0.25, 0.3) is 5.91 Å². The van der Waals surface area contributed by atoms with E-state index >= 15 is 0 Å². The van der Waals surface area contributed by atoms with Gasteiger partial charge in [-0.15, -0.1) is 36.2 Å². The zero-order valence-electron chi connectivity index (χ0n) is 14.2. The Morgan fingerprint density at radius 2 is 2.00 bits per heavy atom. The number of aromatic nitrogens is 1. The summed E-state index contributed by atoms with van der Waals surface area (Å²) in [7, 11) is 0. The molecular weight excluding hydrogens is 398 g/mol. The standard InChI is InChI=1S/C17H21FN4OS.2ClH/c18-14-4-2-1-3-13(14)11-16-21-15(12-24-16)17(23)20-7-10-22-8-5-19-6-9-22;;/h1-4,12,19H,5-11H2,(H,20,23);2*1H. The molecule has 2 heterocycles. The summed E-state index contributed by atoms with van der Waals surface area (Å²) in [5.41, 5.74) is 1.00. The van der Waals surface area contributed by atoms with Gasteiger partial charge in [0.15, 0.2) is 0 Å². The average molecular weight is 421 g/mol. The van der Waals surface area contributed by atoms with Crippen molar-refractivity contribution in [2.24, 2.45) is 0 Å². The number of halogens is 3. The molecule has 26 heavy (non-hydrogen) atoms. The number of hydrogen-bond donors (Lipinski definition) is 2. The largest absolute Gasteiger partial charge is 0.349 e. The molecule has 2 N–H and O–H groups in total. The second kappa shape index (κ2) is 11.5. The molecule has 0 bridgehead atoms. The number of nitrogens with zero attached hydrogens (tertiary/aromatic N) is 2. The van der Waals surface area contributed by atoms with Crippen LogP contribution in [0.5, 0.6) is 0 Å². The molecule has 1 aliphatic heterocycles. The highest BCUT2D eigenvalue weighted by atomic mass is 35.5. The lowest BCUT2D eigenvalue weighted by Gasteiger charge is -2.26. The van der Waals surface area contributed by atoms with E-state index in [0.717, 1.165) is 37.7 Å². The number of nitrogens with one attached hydrogen (secondary N) is 2. The molecular formula is C17H23Cl2FN4OS. The van der Waals surface area contributed by atoms with E-state index in [1.165, 1.54) is 17.4 Å². The summed E-state index contributed by atoms with van der Waals surface area (Å²) in [6.45, 7) is 5.48. The van der Waals surface area contributed by atoms with Gasteiger partial charge in [-0.2, -0.15) is 0 Å². The first-order valence-electron chi connectivity index (χ1n) is 8.11. The van der Waals surface area contributed by atoms with Crippen molar-refractivity contribution in [3.05, 3.63) is 51.7 Å². The SMILES string of the molecule is Cl.Cl.O=C(NCCN1CCNCC1)c1csc(Cc2ccccc2F)n1. The predicted molar refractivity (Wildman–Crippen MR) is 107 cm³/mol. The summed E-state index contributed by atoms with van der Waals surface area (Å²) in [6, 6.07) is 6.64. The van der Waals surface area contributed by atoms with Crippen molar-refractivity contribution in [2.45, 2.75) is 6.42 Å². The zero-order valence-corrected chi connectivity index (χ0v) is 16.7. The first-order valence-corrected chi connectivity index (χ1v) is 8.99. The van der Waals surface area contributed by atoms with Crippen molar-refractivity contribution in [3.63, 3.8) is 0 Å². The normalized spacial score (nSPS) is 14.2. The number of amides is 1. The van der Waals surface area contributed by atoms with Gasteiger partial charge >= 0.3 is 0 Å². The zero-order chi connectivity index (χ0) is 16.8. The Balaban J connectivity index is 0.00000169. The highest BCUT2D eigenvalue weighted by Gasteiger charge is 2.13. The minimum atomic E-state index is -0.241. The summed E-state index contributed by atoms with van der Waals surface area (Å²) < 4.78 is 13.7. The maximum atomic E-state index is 13.7. The number of hydrogen-bond acceptors (Lipinski definition) is 5. The lowest BCUT2D eigenvalue weighted by molar-refractivity contribution is 0.0943. The van der Waals surface area contributed by atoms with Gasteiger partial charge in [0.2, 0.25) is 0 Å². The van der Waals surface area contributed by atoms with Crippen LogP contribution in [0.4, 0.5) is 4.39 Å². The van der Waals surface area contributed by atoms with Gasteiger partial charge in [0.05, 0.1) is 5.01 Å². The van der Waals surface area contributed by atoms with Gasteiger partial charge in [-0.1, -0.05) is 18.2 Å². The molecule has 144 valence electrons. The van der Waals surface area contributed by atoms with Crippen LogP contribution in [0.2, 0.25) is 0 Å². The molecule has 5 nitrogen and oxygen atoms in total. The van der Waals surface area contributed by atoms with Crippen LogP contribution >= 0.6 is 36.2 Å². The highest BCUT2D eigenvalue weighted by molar-refractivity contribution is 7.09. The molecule has 1 aromatic carbocycles. The van der Waals surface area contributed by atoms with Crippen LogP contribution in [0.15, 0.2) is 29.6 Å². The lowest BCUT2D eigenvalue weighted by Crippen LogP contribution is -2.46. The van der Waals surface area contributed by atoms with E-state index in [9.17, 15) is 9.18 Å². The topological polar surface area (TPSA) is 57.3 Å². The fourth-order valence-corrected chi connectivity index (χ4v) is 3.45. The number of carbonyl (C=O) groups excluding carboxylic acids is 1. The fraction of sp³-hybridized carbons (Fsp3) is 0.412. The van der Waals surface area contributed by atoms with Gasteiger partial charge in [0.1, 0.15) is 11.5 Å². The monoisotopic (exact) mass is 420 g/mol. The molecule has 0 radical (unpaired) electrons. The minimum Gasteiger partial charge on any atom is -0.349 e. The van der Waals surface area contributed by atoms with Gasteiger partial charge in [-0.05, 0) is 11.6 Å². The highest BCUT2D eigenvalue weighted by Crippen LogP contribution is 2.17. The Morgan fingerprint density at radius 1 is 1.27 bits per heavy atom. The summed E-state index contributed by atoms with van der Waals surface area (Å²) in [4.78, 5) is 18.8. The van der Waals surface area contributed by atoms with Gasteiger partial charge in [-0.25, -0.2) is 9.37 Å². The van der Waals surface area contributed by atoms with E-state index in [4.69, 9.17) is 0 Å². The quantitative estimate of drug-likeness (QED) is 0.752. The Morgan fingerprint density at radius 3 is 2.73 bits per heavy atom. The number of thiazole rings is 1. The van der Waals surface area contributed by atoms with E-state index in [1.54, 1.807) is 23.6 Å². The van der Waals surface area contributed by atoms with Crippen LogP contribution in [-0.2, 0) is 6.42 Å². The molecule has 1 amide bonds. The second-order valence-electron chi connectivity index (χ2n) is 5.74. The van der Waals surface area contributed by atoms with Crippen molar-refractivity contribution in [3.8, 4) is 0 Å². The van der Waals surface area contributed by atoms with Crippen LogP contribution in [-0.4, -0.2) is 55.1 Å². The fourth-order valence-electron chi connectivity index (χ4n) is 2.65. The van der Waals surface area contributed by atoms with Crippen LogP contribution in [0, 0.1) is 5.82 Å². The summed E-state index contributed by atoms with van der Waals surface area (Å²) in [6.07, 6.45) is 0.408. The molecule has 0 spiro atoms. The van der Waals surface area contributed by atoms with Crippen LogP contribution < -0.4 is 10.6 Å². The lowest BCUT2D eigenvalue weighted by atomic mass is 10.1. The third kappa shape index (κ3) is 6.48. The van der Waals surface area contributed by atoms with E-state index < -0.39 is 0 Å². The maximum Gasteiger partial charge on any atom is 0.270 e. The first kappa shape index (κ1) is 22.8. The minimum absolute atomic E-state index is 0. The Labute approximate surface area is 169 Å². The van der Waals surface area contributed by atoms with Crippen LogP contribution in [0.3, 0.4) is 0 Å². The smallest absolute Gasteiger partial charge is 0.270 e. The third-order valence-electron chi connectivity index (χ3n) is 4.01.